The van der Waals surface area contributed by atoms with Gasteiger partial charge in [-0.25, -0.2) is 0 Å². The number of H-pyrrole nitrogens is 1. The summed E-state index contributed by atoms with van der Waals surface area (Å²) in [4.78, 5) is 14.0. The van der Waals surface area contributed by atoms with E-state index in [0.29, 0.717) is 5.69 Å². The predicted molar refractivity (Wildman–Crippen MR) is 76.7 cm³/mol. The van der Waals surface area contributed by atoms with E-state index in [1.807, 2.05) is 42.5 Å². The second kappa shape index (κ2) is 4.34. The minimum absolute atomic E-state index is 0.0684. The Morgan fingerprint density at radius 2 is 2.00 bits per heavy atom. The third kappa shape index (κ3) is 1.64. The summed E-state index contributed by atoms with van der Waals surface area (Å²) in [6.45, 7) is 0. The third-order valence-corrected chi connectivity index (χ3v) is 3.86. The first-order valence-electron chi connectivity index (χ1n) is 6.71. The Labute approximate surface area is 121 Å². The quantitative estimate of drug-likeness (QED) is 0.784. The van der Waals surface area contributed by atoms with Gasteiger partial charge in [0.1, 0.15) is 17.5 Å². The molecule has 5 heteroatoms. The van der Waals surface area contributed by atoms with Crippen molar-refractivity contribution in [2.24, 2.45) is 0 Å². The Kier molecular flexibility index (Phi) is 2.47. The van der Waals surface area contributed by atoms with Crippen LogP contribution in [0.3, 0.4) is 0 Å². The highest BCUT2D eigenvalue weighted by Crippen LogP contribution is 2.41. The Bertz CT molecular complexity index is 790. The second-order valence-corrected chi connectivity index (χ2v) is 5.06. The summed E-state index contributed by atoms with van der Waals surface area (Å²) in [6.07, 6.45) is 1.62. The van der Waals surface area contributed by atoms with Crippen LogP contribution in [0.4, 0.5) is 0 Å². The van der Waals surface area contributed by atoms with Crippen LogP contribution in [0.5, 0.6) is 0 Å². The van der Waals surface area contributed by atoms with Crippen molar-refractivity contribution in [2.45, 2.75) is 6.04 Å². The van der Waals surface area contributed by atoms with Gasteiger partial charge in [0.05, 0.1) is 12.0 Å². The van der Waals surface area contributed by atoms with Gasteiger partial charge in [0.25, 0.3) is 5.91 Å². The number of furan rings is 1. The van der Waals surface area contributed by atoms with Crippen molar-refractivity contribution in [3.8, 4) is 11.3 Å². The molecule has 1 aliphatic rings. The van der Waals surface area contributed by atoms with Crippen LogP contribution in [0, 0.1) is 0 Å². The van der Waals surface area contributed by atoms with E-state index in [9.17, 15) is 4.79 Å². The maximum Gasteiger partial charge on any atom is 0.272 e. The van der Waals surface area contributed by atoms with E-state index < -0.39 is 0 Å². The molecule has 0 aliphatic carbocycles. The summed E-state index contributed by atoms with van der Waals surface area (Å²) in [5.41, 5.74) is 3.20. The van der Waals surface area contributed by atoms with Gasteiger partial charge in [-0.05, 0) is 12.1 Å². The fraction of sp³-hybridized carbons (Fsp3) is 0.125. The molecule has 1 unspecified atom stereocenters. The number of carbonyl (C=O) groups is 1. The number of fused-ring (bicyclic) bond motifs is 1. The van der Waals surface area contributed by atoms with Crippen LogP contribution >= 0.6 is 0 Å². The van der Waals surface area contributed by atoms with Crippen LogP contribution in [0.2, 0.25) is 0 Å². The first kappa shape index (κ1) is 12.0. The molecular weight excluding hydrogens is 266 g/mol. The molecule has 21 heavy (non-hydrogen) atoms. The number of carbonyl (C=O) groups excluding carboxylic acids is 1. The van der Waals surface area contributed by atoms with E-state index in [1.54, 1.807) is 18.2 Å². The SMILES string of the molecule is CN1C(=O)c2[nH]nc(-c3ccccc3)c2C1c1ccco1. The summed E-state index contributed by atoms with van der Waals surface area (Å²) < 4.78 is 5.52. The maximum absolute atomic E-state index is 12.4. The van der Waals surface area contributed by atoms with Crippen molar-refractivity contribution in [1.82, 2.24) is 15.1 Å². The highest BCUT2D eigenvalue weighted by molar-refractivity contribution is 5.99. The molecule has 0 radical (unpaired) electrons. The van der Waals surface area contributed by atoms with E-state index in [0.717, 1.165) is 22.6 Å². The van der Waals surface area contributed by atoms with E-state index >= 15 is 0 Å². The van der Waals surface area contributed by atoms with Gasteiger partial charge in [0.2, 0.25) is 0 Å². The molecule has 2 aromatic heterocycles. The normalized spacial score (nSPS) is 17.3. The van der Waals surface area contributed by atoms with Crippen molar-refractivity contribution in [3.05, 3.63) is 65.7 Å². The third-order valence-electron chi connectivity index (χ3n) is 3.86. The largest absolute Gasteiger partial charge is 0.467 e. The van der Waals surface area contributed by atoms with E-state index in [1.165, 1.54) is 0 Å². The zero-order valence-electron chi connectivity index (χ0n) is 11.4. The summed E-state index contributed by atoms with van der Waals surface area (Å²) in [5, 5.41) is 7.21. The zero-order chi connectivity index (χ0) is 14.4. The molecule has 3 heterocycles. The van der Waals surface area contributed by atoms with Crippen molar-refractivity contribution >= 4 is 5.91 Å². The fourth-order valence-corrected chi connectivity index (χ4v) is 2.86. The molecule has 1 aromatic carbocycles. The second-order valence-electron chi connectivity index (χ2n) is 5.06. The molecule has 0 bridgehead atoms. The number of aromatic nitrogens is 2. The van der Waals surface area contributed by atoms with Crippen LogP contribution < -0.4 is 0 Å². The molecule has 0 spiro atoms. The number of nitrogens with zero attached hydrogens (tertiary/aromatic N) is 2. The van der Waals surface area contributed by atoms with Crippen LogP contribution in [0.15, 0.2) is 53.1 Å². The van der Waals surface area contributed by atoms with E-state index in [2.05, 4.69) is 10.2 Å². The standard InChI is InChI=1S/C16H13N3O2/c1-19-15(11-8-5-9-21-11)12-13(10-6-3-2-4-7-10)17-18-14(12)16(19)20/h2-9,15H,1H3,(H,17,18). The molecule has 104 valence electrons. The van der Waals surface area contributed by atoms with Crippen molar-refractivity contribution in [3.63, 3.8) is 0 Å². The van der Waals surface area contributed by atoms with E-state index in [4.69, 9.17) is 4.42 Å². The number of benzene rings is 1. The van der Waals surface area contributed by atoms with Crippen LogP contribution in [0.1, 0.15) is 27.9 Å². The Morgan fingerprint density at radius 1 is 1.19 bits per heavy atom. The lowest BCUT2D eigenvalue weighted by atomic mass is 10.0. The molecule has 5 nitrogen and oxygen atoms in total. The number of rotatable bonds is 2. The number of aromatic amines is 1. The highest BCUT2D eigenvalue weighted by atomic mass is 16.3. The number of amides is 1. The van der Waals surface area contributed by atoms with Crippen LogP contribution in [-0.4, -0.2) is 28.1 Å². The summed E-state index contributed by atoms with van der Waals surface area (Å²) in [5.74, 6) is 0.671. The van der Waals surface area contributed by atoms with E-state index in [-0.39, 0.29) is 11.9 Å². The Balaban J connectivity index is 1.93. The number of hydrogen-bond acceptors (Lipinski definition) is 3. The maximum atomic E-state index is 12.4. The average Bonchev–Trinajstić information content (AvgIpc) is 3.21. The lowest BCUT2D eigenvalue weighted by Gasteiger charge is -2.19. The molecule has 1 atom stereocenters. The first-order valence-corrected chi connectivity index (χ1v) is 6.71. The zero-order valence-corrected chi connectivity index (χ0v) is 11.4. The van der Waals surface area contributed by atoms with Gasteiger partial charge in [0, 0.05) is 18.2 Å². The summed E-state index contributed by atoms with van der Waals surface area (Å²) in [6, 6.07) is 13.3. The first-order chi connectivity index (χ1) is 10.3. The molecular formula is C16H13N3O2. The molecule has 0 saturated carbocycles. The molecule has 0 fully saturated rings. The topological polar surface area (TPSA) is 62.1 Å². The number of nitrogens with one attached hydrogen (secondary N) is 1. The smallest absolute Gasteiger partial charge is 0.272 e. The molecule has 4 rings (SSSR count). The molecule has 1 aliphatic heterocycles. The van der Waals surface area contributed by atoms with Gasteiger partial charge in [-0.15, -0.1) is 0 Å². The molecule has 3 aromatic rings. The fourth-order valence-electron chi connectivity index (χ4n) is 2.86. The molecule has 0 saturated heterocycles. The summed E-state index contributed by atoms with van der Waals surface area (Å²) in [7, 11) is 1.78. The van der Waals surface area contributed by atoms with Gasteiger partial charge in [0.15, 0.2) is 0 Å². The van der Waals surface area contributed by atoms with Crippen LogP contribution in [-0.2, 0) is 0 Å². The van der Waals surface area contributed by atoms with Crippen molar-refractivity contribution in [1.29, 1.82) is 0 Å². The number of hydrogen-bond donors (Lipinski definition) is 1. The Morgan fingerprint density at radius 3 is 2.71 bits per heavy atom. The minimum Gasteiger partial charge on any atom is -0.467 e. The summed E-state index contributed by atoms with van der Waals surface area (Å²) >= 11 is 0. The van der Waals surface area contributed by atoms with Gasteiger partial charge in [-0.2, -0.15) is 5.10 Å². The molecule has 1 N–H and O–H groups in total. The average molecular weight is 279 g/mol. The van der Waals surface area contributed by atoms with Crippen molar-refractivity contribution in [2.75, 3.05) is 7.05 Å². The lowest BCUT2D eigenvalue weighted by molar-refractivity contribution is 0.0777. The van der Waals surface area contributed by atoms with Gasteiger partial charge >= 0.3 is 0 Å². The van der Waals surface area contributed by atoms with Crippen LogP contribution in [0.25, 0.3) is 11.3 Å². The monoisotopic (exact) mass is 279 g/mol. The lowest BCUT2D eigenvalue weighted by Crippen LogP contribution is -2.24. The highest BCUT2D eigenvalue weighted by Gasteiger charge is 2.41. The van der Waals surface area contributed by atoms with Gasteiger partial charge in [-0.3, -0.25) is 9.89 Å². The minimum atomic E-state index is -0.239. The predicted octanol–water partition coefficient (Wildman–Crippen LogP) is 2.84. The molecule has 1 amide bonds. The van der Waals surface area contributed by atoms with Crippen molar-refractivity contribution < 1.29 is 9.21 Å². The van der Waals surface area contributed by atoms with Gasteiger partial charge < -0.3 is 9.32 Å². The van der Waals surface area contributed by atoms with Gasteiger partial charge in [-0.1, -0.05) is 30.3 Å². The Hall–Kier alpha value is -2.82.